The average Bonchev–Trinajstić information content (AvgIpc) is 3.17. The van der Waals surface area contributed by atoms with Crippen LogP contribution in [0.5, 0.6) is 0 Å². The zero-order valence-electron chi connectivity index (χ0n) is 15.6. The van der Waals surface area contributed by atoms with Crippen molar-refractivity contribution in [1.29, 1.82) is 0 Å². The maximum Gasteiger partial charge on any atom is 0.176 e. The molecule has 2 heterocycles. The number of halogens is 1. The third-order valence-corrected chi connectivity index (χ3v) is 5.52. The highest BCUT2D eigenvalue weighted by molar-refractivity contribution is 6.33. The number of benzene rings is 1. The SMILES string of the molecule is COCc1c(-c2ccccc2Cl)noc1-c1cnn([C@H]2C[C@](C)(O)C2)c1C. The molecule has 6 nitrogen and oxygen atoms in total. The van der Waals surface area contributed by atoms with Crippen LogP contribution in [0.4, 0.5) is 0 Å². The van der Waals surface area contributed by atoms with Crippen LogP contribution in [-0.2, 0) is 11.3 Å². The van der Waals surface area contributed by atoms with Crippen LogP contribution in [0.25, 0.3) is 22.6 Å². The number of nitrogens with zero attached hydrogens (tertiary/aromatic N) is 3. The Balaban J connectivity index is 1.75. The Hall–Kier alpha value is -2.15. The van der Waals surface area contributed by atoms with E-state index >= 15 is 0 Å². The molecule has 3 aromatic rings. The lowest BCUT2D eigenvalue weighted by molar-refractivity contribution is -0.0548. The fourth-order valence-electron chi connectivity index (χ4n) is 3.81. The van der Waals surface area contributed by atoms with E-state index in [0.29, 0.717) is 35.9 Å². The quantitative estimate of drug-likeness (QED) is 0.702. The van der Waals surface area contributed by atoms with Gasteiger partial charge in [0.15, 0.2) is 5.76 Å². The van der Waals surface area contributed by atoms with Gasteiger partial charge in [0.2, 0.25) is 0 Å². The topological polar surface area (TPSA) is 73.3 Å². The molecular weight excluding hydrogens is 366 g/mol. The number of ether oxygens (including phenoxy) is 1. The zero-order chi connectivity index (χ0) is 19.2. The molecule has 2 aromatic heterocycles. The van der Waals surface area contributed by atoms with Gasteiger partial charge in [0, 0.05) is 18.4 Å². The summed E-state index contributed by atoms with van der Waals surface area (Å²) in [7, 11) is 1.64. The Morgan fingerprint density at radius 1 is 1.33 bits per heavy atom. The molecule has 1 aliphatic rings. The molecule has 0 spiro atoms. The van der Waals surface area contributed by atoms with Gasteiger partial charge >= 0.3 is 0 Å². The molecule has 0 aliphatic heterocycles. The molecule has 0 atom stereocenters. The van der Waals surface area contributed by atoms with Gasteiger partial charge in [0.25, 0.3) is 0 Å². The summed E-state index contributed by atoms with van der Waals surface area (Å²) in [5.74, 6) is 0.640. The minimum Gasteiger partial charge on any atom is -0.390 e. The second-order valence-corrected chi connectivity index (χ2v) is 7.81. The molecule has 0 bridgehead atoms. The van der Waals surface area contributed by atoms with Crippen LogP contribution < -0.4 is 0 Å². The van der Waals surface area contributed by atoms with E-state index in [-0.39, 0.29) is 6.04 Å². The van der Waals surface area contributed by atoms with E-state index in [1.54, 1.807) is 13.3 Å². The normalized spacial score (nSPS) is 22.0. The van der Waals surface area contributed by atoms with Crippen molar-refractivity contribution in [3.63, 3.8) is 0 Å². The first kappa shape index (κ1) is 18.2. The van der Waals surface area contributed by atoms with Gasteiger partial charge in [-0.05, 0) is 32.8 Å². The third kappa shape index (κ3) is 3.18. The lowest BCUT2D eigenvalue weighted by atomic mass is 9.77. The van der Waals surface area contributed by atoms with Gasteiger partial charge in [-0.15, -0.1) is 0 Å². The molecule has 27 heavy (non-hydrogen) atoms. The van der Waals surface area contributed by atoms with Crippen molar-refractivity contribution in [3.8, 4) is 22.6 Å². The predicted molar refractivity (Wildman–Crippen MR) is 103 cm³/mol. The Bertz CT molecular complexity index is 969. The van der Waals surface area contributed by atoms with E-state index in [9.17, 15) is 5.11 Å². The Labute approximate surface area is 162 Å². The van der Waals surface area contributed by atoms with E-state index in [1.807, 2.05) is 42.8 Å². The van der Waals surface area contributed by atoms with E-state index < -0.39 is 5.60 Å². The predicted octanol–water partition coefficient (Wildman–Crippen LogP) is 4.40. The van der Waals surface area contributed by atoms with Crippen LogP contribution in [0.15, 0.2) is 35.0 Å². The molecule has 0 saturated heterocycles. The number of methoxy groups -OCH3 is 1. The monoisotopic (exact) mass is 387 g/mol. The van der Waals surface area contributed by atoms with Crippen molar-refractivity contribution in [3.05, 3.63) is 46.7 Å². The molecule has 7 heteroatoms. The number of hydrogen-bond donors (Lipinski definition) is 1. The number of hydrogen-bond acceptors (Lipinski definition) is 5. The second kappa shape index (κ2) is 6.78. The van der Waals surface area contributed by atoms with Gasteiger partial charge in [-0.1, -0.05) is 35.0 Å². The number of aromatic nitrogens is 3. The van der Waals surface area contributed by atoms with Crippen molar-refractivity contribution in [2.45, 2.75) is 44.9 Å². The molecule has 0 radical (unpaired) electrons. The Morgan fingerprint density at radius 3 is 2.74 bits per heavy atom. The highest BCUT2D eigenvalue weighted by Crippen LogP contribution is 2.43. The van der Waals surface area contributed by atoms with E-state index in [1.165, 1.54) is 0 Å². The molecule has 4 rings (SSSR count). The third-order valence-electron chi connectivity index (χ3n) is 5.19. The number of aliphatic hydroxyl groups is 1. The summed E-state index contributed by atoms with van der Waals surface area (Å²) >= 11 is 6.35. The zero-order valence-corrected chi connectivity index (χ0v) is 16.3. The van der Waals surface area contributed by atoms with Gasteiger partial charge in [-0.3, -0.25) is 4.68 Å². The van der Waals surface area contributed by atoms with Crippen LogP contribution in [0, 0.1) is 6.92 Å². The van der Waals surface area contributed by atoms with Crippen molar-refractivity contribution < 1.29 is 14.4 Å². The smallest absolute Gasteiger partial charge is 0.176 e. The fourth-order valence-corrected chi connectivity index (χ4v) is 4.03. The van der Waals surface area contributed by atoms with Gasteiger partial charge in [0.1, 0.15) is 5.69 Å². The molecule has 1 aliphatic carbocycles. The lowest BCUT2D eigenvalue weighted by Gasteiger charge is -2.41. The van der Waals surface area contributed by atoms with E-state index in [0.717, 1.165) is 22.4 Å². The average molecular weight is 388 g/mol. The van der Waals surface area contributed by atoms with Crippen LogP contribution in [-0.4, -0.2) is 32.8 Å². The lowest BCUT2D eigenvalue weighted by Crippen LogP contribution is -2.42. The fraction of sp³-hybridized carbons (Fsp3) is 0.400. The van der Waals surface area contributed by atoms with Gasteiger partial charge in [0.05, 0.1) is 40.6 Å². The standard InChI is InChI=1S/C20H22ClN3O3/c1-12-15(10-22-24(12)13-8-20(2,25)9-13)19-16(11-26-3)18(23-27-19)14-6-4-5-7-17(14)21/h4-7,10,13,25H,8-9,11H2,1-3H3/t13-,20-. The Kier molecular flexibility index (Phi) is 4.58. The van der Waals surface area contributed by atoms with Gasteiger partial charge in [-0.2, -0.15) is 5.10 Å². The van der Waals surface area contributed by atoms with Crippen molar-refractivity contribution >= 4 is 11.6 Å². The summed E-state index contributed by atoms with van der Waals surface area (Å²) in [5.41, 5.74) is 3.58. The molecule has 0 unspecified atom stereocenters. The summed E-state index contributed by atoms with van der Waals surface area (Å²) in [5, 5.41) is 19.5. The van der Waals surface area contributed by atoms with Crippen LogP contribution in [0.3, 0.4) is 0 Å². The first-order valence-corrected chi connectivity index (χ1v) is 9.28. The molecule has 142 valence electrons. The molecule has 1 aromatic carbocycles. The summed E-state index contributed by atoms with van der Waals surface area (Å²) in [4.78, 5) is 0. The summed E-state index contributed by atoms with van der Waals surface area (Å²) in [6.45, 7) is 4.21. The molecule has 1 fully saturated rings. The molecule has 1 saturated carbocycles. The maximum atomic E-state index is 10.0. The van der Waals surface area contributed by atoms with E-state index in [4.69, 9.17) is 20.9 Å². The molecule has 1 N–H and O–H groups in total. The van der Waals surface area contributed by atoms with Crippen LogP contribution in [0.1, 0.15) is 37.1 Å². The molecular formula is C20H22ClN3O3. The highest BCUT2D eigenvalue weighted by Gasteiger charge is 2.40. The number of rotatable bonds is 5. The van der Waals surface area contributed by atoms with Crippen molar-refractivity contribution in [2.24, 2.45) is 0 Å². The maximum absolute atomic E-state index is 10.0. The summed E-state index contributed by atoms with van der Waals surface area (Å²) < 4.78 is 13.1. The minimum atomic E-state index is -0.603. The highest BCUT2D eigenvalue weighted by atomic mass is 35.5. The van der Waals surface area contributed by atoms with Crippen molar-refractivity contribution in [2.75, 3.05) is 7.11 Å². The largest absolute Gasteiger partial charge is 0.390 e. The summed E-state index contributed by atoms with van der Waals surface area (Å²) in [6.07, 6.45) is 3.18. The molecule has 0 amide bonds. The van der Waals surface area contributed by atoms with Gasteiger partial charge in [-0.25, -0.2) is 0 Å². The first-order chi connectivity index (χ1) is 12.9. The second-order valence-electron chi connectivity index (χ2n) is 7.40. The Morgan fingerprint density at radius 2 is 2.07 bits per heavy atom. The minimum absolute atomic E-state index is 0.200. The first-order valence-electron chi connectivity index (χ1n) is 8.90. The van der Waals surface area contributed by atoms with Gasteiger partial charge < -0.3 is 14.4 Å². The van der Waals surface area contributed by atoms with Crippen molar-refractivity contribution in [1.82, 2.24) is 14.9 Å². The van der Waals surface area contributed by atoms with Crippen LogP contribution >= 0.6 is 11.6 Å². The van der Waals surface area contributed by atoms with Crippen LogP contribution in [0.2, 0.25) is 5.02 Å². The summed E-state index contributed by atoms with van der Waals surface area (Å²) in [6, 6.07) is 7.73. The van der Waals surface area contributed by atoms with E-state index in [2.05, 4.69) is 10.3 Å².